The third-order valence-electron chi connectivity index (χ3n) is 4.88. The van der Waals surface area contributed by atoms with E-state index in [2.05, 4.69) is 15.4 Å². The Hall–Kier alpha value is -1.38. The minimum atomic E-state index is -3.64. The van der Waals surface area contributed by atoms with Crippen LogP contribution in [0.3, 0.4) is 0 Å². The summed E-state index contributed by atoms with van der Waals surface area (Å²) in [5.41, 5.74) is -0.0464. The first kappa shape index (κ1) is 15.5. The van der Waals surface area contributed by atoms with Gasteiger partial charge in [-0.3, -0.25) is 4.79 Å². The van der Waals surface area contributed by atoms with Gasteiger partial charge in [0.15, 0.2) is 0 Å². The zero-order valence-electron chi connectivity index (χ0n) is 12.8. The number of hydrogen-bond donors (Lipinski definition) is 3. The standard InChI is InChI=1S/C14H22N4O3S/c1-15-13(19)12-6-11(8-18(12)2)22(20,21)17-14-5-3-4-10(14)7-16-9-14/h6,8,10,16-17H,3-5,7,9H2,1-2H3,(H,15,19)/t10-,14-/m0/s1. The van der Waals surface area contributed by atoms with Gasteiger partial charge in [-0.25, -0.2) is 13.1 Å². The van der Waals surface area contributed by atoms with Gasteiger partial charge >= 0.3 is 0 Å². The number of fused-ring (bicyclic) bond motifs is 1. The average Bonchev–Trinajstić information content (AvgIpc) is 3.10. The largest absolute Gasteiger partial charge is 0.354 e. The van der Waals surface area contributed by atoms with E-state index in [1.165, 1.54) is 23.9 Å². The number of hydrogen-bond acceptors (Lipinski definition) is 4. The second-order valence-corrected chi connectivity index (χ2v) is 7.92. The van der Waals surface area contributed by atoms with E-state index in [0.29, 0.717) is 18.2 Å². The van der Waals surface area contributed by atoms with Crippen LogP contribution in [0.25, 0.3) is 0 Å². The van der Waals surface area contributed by atoms with Crippen molar-refractivity contribution in [3.63, 3.8) is 0 Å². The molecule has 3 N–H and O–H groups in total. The number of aryl methyl sites for hydroxylation is 1. The molecule has 2 atom stereocenters. The minimum absolute atomic E-state index is 0.139. The Bertz CT molecular complexity index is 685. The smallest absolute Gasteiger partial charge is 0.267 e. The van der Waals surface area contributed by atoms with Crippen LogP contribution >= 0.6 is 0 Å². The molecule has 2 heterocycles. The molecule has 1 saturated heterocycles. The summed E-state index contributed by atoms with van der Waals surface area (Å²) in [5.74, 6) is 0.0489. The lowest BCUT2D eigenvalue weighted by molar-refractivity contribution is 0.0955. The lowest BCUT2D eigenvalue weighted by Gasteiger charge is -2.29. The molecule has 1 aromatic heterocycles. The van der Waals surface area contributed by atoms with Crippen molar-refractivity contribution in [3.05, 3.63) is 18.0 Å². The summed E-state index contributed by atoms with van der Waals surface area (Å²) in [7, 11) is -0.455. The fraction of sp³-hybridized carbons (Fsp3) is 0.643. The van der Waals surface area contributed by atoms with E-state index in [1.54, 1.807) is 7.05 Å². The van der Waals surface area contributed by atoms with Crippen molar-refractivity contribution < 1.29 is 13.2 Å². The Morgan fingerprint density at radius 2 is 2.27 bits per heavy atom. The number of nitrogens with zero attached hydrogens (tertiary/aromatic N) is 1. The molecular weight excluding hydrogens is 304 g/mol. The van der Waals surface area contributed by atoms with Crippen LogP contribution in [0.15, 0.2) is 17.2 Å². The molecule has 1 aromatic rings. The number of aromatic nitrogens is 1. The number of rotatable bonds is 4. The lowest BCUT2D eigenvalue weighted by atomic mass is 9.92. The molecule has 3 rings (SSSR count). The minimum Gasteiger partial charge on any atom is -0.354 e. The van der Waals surface area contributed by atoms with Crippen molar-refractivity contribution in [2.24, 2.45) is 13.0 Å². The van der Waals surface area contributed by atoms with Gasteiger partial charge in [-0.15, -0.1) is 0 Å². The molecule has 0 aromatic carbocycles. The molecule has 1 saturated carbocycles. The van der Waals surface area contributed by atoms with Crippen molar-refractivity contribution in [2.45, 2.75) is 29.7 Å². The molecule has 2 aliphatic rings. The molecule has 7 nitrogen and oxygen atoms in total. The van der Waals surface area contributed by atoms with Crippen LogP contribution in [-0.4, -0.2) is 44.6 Å². The Morgan fingerprint density at radius 1 is 1.50 bits per heavy atom. The number of carbonyl (C=O) groups is 1. The summed E-state index contributed by atoms with van der Waals surface area (Å²) in [6, 6.07) is 1.42. The number of amides is 1. The molecule has 1 aliphatic carbocycles. The van der Waals surface area contributed by atoms with Crippen LogP contribution in [0, 0.1) is 5.92 Å². The third kappa shape index (κ3) is 2.45. The SMILES string of the molecule is CNC(=O)c1cc(S(=O)(=O)N[C@]23CCC[C@H]2CNC3)cn1C. The zero-order chi connectivity index (χ0) is 16.0. The number of carbonyl (C=O) groups excluding carboxylic acids is 1. The van der Waals surface area contributed by atoms with Gasteiger partial charge in [-0.05, 0) is 31.4 Å². The molecule has 0 spiro atoms. The van der Waals surface area contributed by atoms with Crippen molar-refractivity contribution in [2.75, 3.05) is 20.1 Å². The van der Waals surface area contributed by atoms with E-state index in [9.17, 15) is 13.2 Å². The molecule has 0 bridgehead atoms. The Morgan fingerprint density at radius 3 is 3.00 bits per heavy atom. The summed E-state index contributed by atoms with van der Waals surface area (Å²) in [6.45, 7) is 1.53. The van der Waals surface area contributed by atoms with E-state index in [-0.39, 0.29) is 16.3 Å². The van der Waals surface area contributed by atoms with E-state index >= 15 is 0 Å². The Balaban J connectivity index is 1.89. The van der Waals surface area contributed by atoms with E-state index in [4.69, 9.17) is 0 Å². The molecular formula is C14H22N4O3S. The van der Waals surface area contributed by atoms with Crippen LogP contribution < -0.4 is 15.4 Å². The maximum Gasteiger partial charge on any atom is 0.267 e. The fourth-order valence-electron chi connectivity index (χ4n) is 3.68. The first-order chi connectivity index (χ1) is 10.4. The number of sulfonamides is 1. The number of nitrogens with one attached hydrogen (secondary N) is 3. The maximum absolute atomic E-state index is 12.7. The Kier molecular flexibility index (Phi) is 3.78. The van der Waals surface area contributed by atoms with Crippen LogP contribution in [0.4, 0.5) is 0 Å². The molecule has 2 fully saturated rings. The molecule has 122 valence electrons. The first-order valence-corrected chi connectivity index (χ1v) is 8.99. The molecule has 0 radical (unpaired) electrons. The topological polar surface area (TPSA) is 92.2 Å². The highest BCUT2D eigenvalue weighted by molar-refractivity contribution is 7.89. The van der Waals surface area contributed by atoms with Gasteiger partial charge in [0.2, 0.25) is 10.0 Å². The van der Waals surface area contributed by atoms with E-state index in [1.807, 2.05) is 0 Å². The highest BCUT2D eigenvalue weighted by Crippen LogP contribution is 2.39. The van der Waals surface area contributed by atoms with Crippen molar-refractivity contribution in [1.29, 1.82) is 0 Å². The van der Waals surface area contributed by atoms with Gasteiger partial charge in [0.05, 0.1) is 0 Å². The van der Waals surface area contributed by atoms with E-state index < -0.39 is 10.0 Å². The quantitative estimate of drug-likeness (QED) is 0.715. The monoisotopic (exact) mass is 326 g/mol. The zero-order valence-corrected chi connectivity index (χ0v) is 13.7. The summed E-state index contributed by atoms with van der Waals surface area (Å²) in [4.78, 5) is 11.9. The first-order valence-electron chi connectivity index (χ1n) is 7.51. The summed E-state index contributed by atoms with van der Waals surface area (Å²) >= 11 is 0. The van der Waals surface area contributed by atoms with Crippen LogP contribution in [0.1, 0.15) is 29.8 Å². The van der Waals surface area contributed by atoms with Crippen molar-refractivity contribution in [1.82, 2.24) is 19.9 Å². The Labute approximate surface area is 130 Å². The average molecular weight is 326 g/mol. The highest BCUT2D eigenvalue weighted by atomic mass is 32.2. The maximum atomic E-state index is 12.7. The van der Waals surface area contributed by atoms with Gasteiger partial charge in [0.25, 0.3) is 5.91 Å². The van der Waals surface area contributed by atoms with Crippen LogP contribution in [0.5, 0.6) is 0 Å². The van der Waals surface area contributed by atoms with Crippen LogP contribution in [0.2, 0.25) is 0 Å². The summed E-state index contributed by atoms with van der Waals surface area (Å²) in [5, 5.41) is 5.80. The van der Waals surface area contributed by atoms with Gasteiger partial charge in [-0.2, -0.15) is 0 Å². The molecule has 1 amide bonds. The third-order valence-corrected chi connectivity index (χ3v) is 6.39. The summed E-state index contributed by atoms with van der Waals surface area (Å²) in [6.07, 6.45) is 4.44. The van der Waals surface area contributed by atoms with Crippen molar-refractivity contribution >= 4 is 15.9 Å². The van der Waals surface area contributed by atoms with Crippen molar-refractivity contribution in [3.8, 4) is 0 Å². The van der Waals surface area contributed by atoms with Gasteiger partial charge in [-0.1, -0.05) is 6.42 Å². The normalized spacial score (nSPS) is 27.8. The summed E-state index contributed by atoms with van der Waals surface area (Å²) < 4.78 is 29.9. The van der Waals surface area contributed by atoms with Crippen LogP contribution in [-0.2, 0) is 17.1 Å². The van der Waals surface area contributed by atoms with Gasteiger partial charge in [0.1, 0.15) is 10.6 Å². The van der Waals surface area contributed by atoms with Gasteiger partial charge < -0.3 is 15.2 Å². The predicted molar refractivity (Wildman–Crippen MR) is 82.1 cm³/mol. The molecule has 1 aliphatic heterocycles. The van der Waals surface area contributed by atoms with Gasteiger partial charge in [0, 0.05) is 32.4 Å². The lowest BCUT2D eigenvalue weighted by Crippen LogP contribution is -2.51. The highest BCUT2D eigenvalue weighted by Gasteiger charge is 2.48. The van der Waals surface area contributed by atoms with E-state index in [0.717, 1.165) is 25.8 Å². The fourth-order valence-corrected chi connectivity index (χ4v) is 5.23. The predicted octanol–water partition coefficient (Wildman–Crippen LogP) is -0.195. The second-order valence-electron chi connectivity index (χ2n) is 6.23. The molecule has 8 heteroatoms. The molecule has 22 heavy (non-hydrogen) atoms. The molecule has 0 unspecified atom stereocenters. The second kappa shape index (κ2) is 5.36.